The van der Waals surface area contributed by atoms with Crippen LogP contribution >= 0.6 is 0 Å². The van der Waals surface area contributed by atoms with E-state index in [0.717, 1.165) is 50.9 Å². The predicted molar refractivity (Wildman–Crippen MR) is 96.2 cm³/mol. The fraction of sp³-hybridized carbons (Fsp3) is 0.500. The van der Waals surface area contributed by atoms with Gasteiger partial charge >= 0.3 is 0 Å². The Morgan fingerprint density at radius 2 is 1.88 bits per heavy atom. The second-order valence-electron chi connectivity index (χ2n) is 6.60. The van der Waals surface area contributed by atoms with Crippen molar-refractivity contribution in [2.45, 2.75) is 33.4 Å². The molecule has 4 nitrogen and oxygen atoms in total. The van der Waals surface area contributed by atoms with E-state index in [-0.39, 0.29) is 6.04 Å². The number of nitrogens with one attached hydrogen (secondary N) is 1. The molecule has 2 heterocycles. The van der Waals surface area contributed by atoms with Crippen molar-refractivity contribution in [2.24, 2.45) is 0 Å². The molecule has 1 aromatic heterocycles. The molecule has 0 spiro atoms. The Bertz CT molecular complexity index is 659. The molecule has 1 aliphatic rings. The van der Waals surface area contributed by atoms with E-state index < -0.39 is 0 Å². The van der Waals surface area contributed by atoms with E-state index in [2.05, 4.69) is 48.3 Å². The first-order chi connectivity index (χ1) is 11.6. The molecule has 1 saturated heterocycles. The quantitative estimate of drug-likeness (QED) is 0.882. The lowest BCUT2D eigenvalue weighted by Gasteiger charge is -2.33. The smallest absolute Gasteiger partial charge is 0.122 e. The monoisotopic (exact) mass is 328 g/mol. The van der Waals surface area contributed by atoms with Crippen molar-refractivity contribution in [1.29, 1.82) is 0 Å². The first kappa shape index (κ1) is 17.2. The zero-order valence-corrected chi connectivity index (χ0v) is 15.0. The number of hydrogen-bond donors (Lipinski definition) is 1. The van der Waals surface area contributed by atoms with E-state index in [0.29, 0.717) is 0 Å². The summed E-state index contributed by atoms with van der Waals surface area (Å²) in [5, 5.41) is 3.63. The Morgan fingerprint density at radius 1 is 1.08 bits per heavy atom. The lowest BCUT2D eigenvalue weighted by atomic mass is 10.0. The van der Waals surface area contributed by atoms with E-state index >= 15 is 0 Å². The Morgan fingerprint density at radius 3 is 2.58 bits per heavy atom. The zero-order chi connectivity index (χ0) is 16.9. The average Bonchev–Trinajstić information content (AvgIpc) is 3.02. The van der Waals surface area contributed by atoms with Crippen molar-refractivity contribution in [2.75, 3.05) is 32.8 Å². The van der Waals surface area contributed by atoms with Gasteiger partial charge in [-0.3, -0.25) is 4.90 Å². The lowest BCUT2D eigenvalue weighted by molar-refractivity contribution is 0.0115. The fourth-order valence-corrected chi connectivity index (χ4v) is 3.28. The Balaban J connectivity index is 1.66. The van der Waals surface area contributed by atoms with Gasteiger partial charge in [0.25, 0.3) is 0 Å². The Labute approximate surface area is 144 Å². The molecular weight excluding hydrogens is 300 g/mol. The van der Waals surface area contributed by atoms with Gasteiger partial charge in [0, 0.05) is 26.2 Å². The van der Waals surface area contributed by atoms with Crippen LogP contribution in [0.25, 0.3) is 0 Å². The molecular formula is C20H28N2O2. The van der Waals surface area contributed by atoms with Crippen LogP contribution < -0.4 is 5.32 Å². The molecule has 4 heteroatoms. The van der Waals surface area contributed by atoms with Crippen LogP contribution in [0, 0.1) is 20.8 Å². The van der Waals surface area contributed by atoms with Gasteiger partial charge in [0.2, 0.25) is 0 Å². The van der Waals surface area contributed by atoms with Gasteiger partial charge in [-0.25, -0.2) is 0 Å². The van der Waals surface area contributed by atoms with Crippen LogP contribution in [-0.4, -0.2) is 37.7 Å². The molecule has 1 fully saturated rings. The molecule has 1 unspecified atom stereocenters. The minimum Gasteiger partial charge on any atom is -0.465 e. The summed E-state index contributed by atoms with van der Waals surface area (Å²) in [7, 11) is 0. The third-order valence-corrected chi connectivity index (χ3v) is 4.95. The summed E-state index contributed by atoms with van der Waals surface area (Å²) >= 11 is 0. The lowest BCUT2D eigenvalue weighted by Crippen LogP contribution is -2.42. The number of morpholine rings is 1. The molecule has 1 aliphatic heterocycles. The number of furan rings is 1. The first-order valence-electron chi connectivity index (χ1n) is 8.79. The van der Waals surface area contributed by atoms with Gasteiger partial charge in [-0.1, -0.05) is 18.2 Å². The molecule has 0 amide bonds. The van der Waals surface area contributed by atoms with Crippen molar-refractivity contribution in [3.63, 3.8) is 0 Å². The highest BCUT2D eigenvalue weighted by Crippen LogP contribution is 2.23. The predicted octanol–water partition coefficient (Wildman–Crippen LogP) is 3.37. The van der Waals surface area contributed by atoms with E-state index in [9.17, 15) is 0 Å². The maximum atomic E-state index is 5.92. The van der Waals surface area contributed by atoms with Crippen molar-refractivity contribution in [3.05, 3.63) is 58.5 Å². The molecule has 130 valence electrons. The summed E-state index contributed by atoms with van der Waals surface area (Å²) in [6.45, 7) is 11.6. The molecule has 1 atom stereocenters. The third-order valence-electron chi connectivity index (χ3n) is 4.95. The summed E-state index contributed by atoms with van der Waals surface area (Å²) in [5.74, 6) is 2.01. The van der Waals surface area contributed by atoms with Gasteiger partial charge in [0.05, 0.1) is 19.3 Å². The largest absolute Gasteiger partial charge is 0.465 e. The minimum atomic E-state index is 0.257. The summed E-state index contributed by atoms with van der Waals surface area (Å²) < 4.78 is 11.4. The summed E-state index contributed by atoms with van der Waals surface area (Å²) in [6, 6.07) is 10.9. The van der Waals surface area contributed by atoms with Crippen molar-refractivity contribution < 1.29 is 9.15 Å². The maximum Gasteiger partial charge on any atom is 0.122 e. The van der Waals surface area contributed by atoms with Crippen LogP contribution in [0.4, 0.5) is 0 Å². The van der Waals surface area contributed by atoms with Gasteiger partial charge in [0.15, 0.2) is 0 Å². The highest BCUT2D eigenvalue weighted by Gasteiger charge is 2.24. The molecule has 2 aromatic rings. The van der Waals surface area contributed by atoms with Crippen molar-refractivity contribution in [1.82, 2.24) is 10.2 Å². The number of hydrogen-bond acceptors (Lipinski definition) is 4. The topological polar surface area (TPSA) is 37.6 Å². The number of benzene rings is 1. The molecule has 1 N–H and O–H groups in total. The summed E-state index contributed by atoms with van der Waals surface area (Å²) in [6.07, 6.45) is 0. The van der Waals surface area contributed by atoms with E-state index in [1.807, 2.05) is 13.0 Å². The van der Waals surface area contributed by atoms with Gasteiger partial charge in [-0.05, 0) is 49.6 Å². The summed E-state index contributed by atoms with van der Waals surface area (Å²) in [4.78, 5) is 2.46. The van der Waals surface area contributed by atoms with Crippen LogP contribution in [0.5, 0.6) is 0 Å². The van der Waals surface area contributed by atoms with E-state index in [1.54, 1.807) is 0 Å². The van der Waals surface area contributed by atoms with E-state index in [4.69, 9.17) is 9.15 Å². The summed E-state index contributed by atoms with van der Waals surface area (Å²) in [5.41, 5.74) is 4.09. The Kier molecular flexibility index (Phi) is 5.72. The molecule has 0 radical (unpaired) electrons. The standard InChI is InChI=1S/C20H28N2O2/c1-15-5-4-6-18(17(15)3)13-21-14-19(20-8-7-16(2)24-20)22-9-11-23-12-10-22/h4-8,19,21H,9-14H2,1-3H3. The Hall–Kier alpha value is -1.62. The SMILES string of the molecule is Cc1ccc(C(CNCc2cccc(C)c2C)N2CCOCC2)o1. The van der Waals surface area contributed by atoms with Crippen LogP contribution in [0.2, 0.25) is 0 Å². The van der Waals surface area contributed by atoms with Crippen LogP contribution in [0.1, 0.15) is 34.3 Å². The highest BCUT2D eigenvalue weighted by atomic mass is 16.5. The van der Waals surface area contributed by atoms with Gasteiger partial charge in [0.1, 0.15) is 11.5 Å². The molecule has 0 aliphatic carbocycles. The van der Waals surface area contributed by atoms with Crippen molar-refractivity contribution in [3.8, 4) is 0 Å². The third kappa shape index (κ3) is 4.07. The molecule has 24 heavy (non-hydrogen) atoms. The number of rotatable bonds is 6. The second kappa shape index (κ2) is 7.97. The van der Waals surface area contributed by atoms with Crippen LogP contribution in [-0.2, 0) is 11.3 Å². The second-order valence-corrected chi connectivity index (χ2v) is 6.60. The van der Waals surface area contributed by atoms with Crippen LogP contribution in [0.15, 0.2) is 34.7 Å². The zero-order valence-electron chi connectivity index (χ0n) is 15.0. The highest BCUT2D eigenvalue weighted by molar-refractivity contribution is 5.32. The normalized spacial score (nSPS) is 17.1. The minimum absolute atomic E-state index is 0.257. The van der Waals surface area contributed by atoms with Gasteiger partial charge in [-0.2, -0.15) is 0 Å². The van der Waals surface area contributed by atoms with Gasteiger partial charge in [-0.15, -0.1) is 0 Å². The number of ether oxygens (including phenoxy) is 1. The number of aryl methyl sites for hydroxylation is 2. The first-order valence-corrected chi connectivity index (χ1v) is 8.79. The van der Waals surface area contributed by atoms with Gasteiger partial charge < -0.3 is 14.5 Å². The molecule has 0 saturated carbocycles. The molecule has 1 aromatic carbocycles. The fourth-order valence-electron chi connectivity index (χ4n) is 3.28. The maximum absolute atomic E-state index is 5.92. The van der Waals surface area contributed by atoms with E-state index in [1.165, 1.54) is 16.7 Å². The number of nitrogens with zero attached hydrogens (tertiary/aromatic N) is 1. The average molecular weight is 328 g/mol. The molecule has 0 bridgehead atoms. The van der Waals surface area contributed by atoms with Crippen molar-refractivity contribution >= 4 is 0 Å². The van der Waals surface area contributed by atoms with Crippen LogP contribution in [0.3, 0.4) is 0 Å². The molecule has 3 rings (SSSR count).